The Hall–Kier alpha value is -1.26. The minimum atomic E-state index is -0.985. The minimum absolute atomic E-state index is 0.0901. The highest BCUT2D eigenvalue weighted by molar-refractivity contribution is 6.31. The average molecular weight is 256 g/mol. The van der Waals surface area contributed by atoms with Crippen molar-refractivity contribution in [3.63, 3.8) is 0 Å². The summed E-state index contributed by atoms with van der Waals surface area (Å²) in [7, 11) is 0. The van der Waals surface area contributed by atoms with E-state index in [4.69, 9.17) is 21.4 Å². The molecule has 0 saturated carbocycles. The Morgan fingerprint density at radius 1 is 1.59 bits per heavy atom. The Labute approximate surface area is 105 Å². The summed E-state index contributed by atoms with van der Waals surface area (Å²) in [6.07, 6.45) is 0.968. The molecule has 2 rings (SSSR count). The van der Waals surface area contributed by atoms with Gasteiger partial charge in [0, 0.05) is 17.3 Å². The molecule has 1 fully saturated rings. The van der Waals surface area contributed by atoms with Crippen LogP contribution in [0.5, 0.6) is 0 Å². The fourth-order valence-electron chi connectivity index (χ4n) is 1.94. The number of carbonyl (C=O) groups is 1. The van der Waals surface area contributed by atoms with Crippen LogP contribution in [0.3, 0.4) is 0 Å². The highest BCUT2D eigenvalue weighted by Crippen LogP contribution is 2.24. The van der Waals surface area contributed by atoms with Gasteiger partial charge in [-0.3, -0.25) is 0 Å². The first-order valence-corrected chi connectivity index (χ1v) is 5.86. The first-order valence-electron chi connectivity index (χ1n) is 5.49. The molecule has 0 bridgehead atoms. The van der Waals surface area contributed by atoms with Crippen LogP contribution in [0.25, 0.3) is 0 Å². The van der Waals surface area contributed by atoms with Gasteiger partial charge in [0.25, 0.3) is 0 Å². The lowest BCUT2D eigenvalue weighted by Crippen LogP contribution is -2.27. The first kappa shape index (κ1) is 12.2. The van der Waals surface area contributed by atoms with E-state index in [2.05, 4.69) is 5.32 Å². The van der Waals surface area contributed by atoms with Crippen molar-refractivity contribution >= 4 is 23.3 Å². The van der Waals surface area contributed by atoms with Crippen LogP contribution in [0.15, 0.2) is 18.2 Å². The maximum absolute atomic E-state index is 11.1. The summed E-state index contributed by atoms with van der Waals surface area (Å²) in [5.74, 6) is -0.985. The lowest BCUT2D eigenvalue weighted by Gasteiger charge is -2.18. The number of carboxylic acid groups (broad SMARTS) is 1. The number of ether oxygens (including phenoxy) is 1. The molecule has 1 aromatic carbocycles. The number of carboxylic acids is 1. The fraction of sp³-hybridized carbons (Fsp3) is 0.417. The number of anilines is 1. The second kappa shape index (κ2) is 4.94. The van der Waals surface area contributed by atoms with Crippen molar-refractivity contribution in [3.8, 4) is 0 Å². The summed E-state index contributed by atoms with van der Waals surface area (Å²) < 4.78 is 5.43. The van der Waals surface area contributed by atoms with Crippen LogP contribution in [0, 0.1) is 0 Å². The van der Waals surface area contributed by atoms with Gasteiger partial charge in [-0.2, -0.15) is 0 Å². The van der Waals surface area contributed by atoms with Crippen LogP contribution in [0.1, 0.15) is 23.7 Å². The quantitative estimate of drug-likeness (QED) is 0.872. The minimum Gasteiger partial charge on any atom is -0.478 e. The van der Waals surface area contributed by atoms with Crippen LogP contribution >= 0.6 is 11.6 Å². The molecule has 1 aromatic rings. The summed E-state index contributed by atoms with van der Waals surface area (Å²) in [6, 6.07) is 4.97. The van der Waals surface area contributed by atoms with E-state index in [1.807, 2.05) is 6.92 Å². The molecule has 2 unspecified atom stereocenters. The summed E-state index contributed by atoms with van der Waals surface area (Å²) in [5.41, 5.74) is 0.779. The molecule has 1 aliphatic heterocycles. The fourth-order valence-corrected chi connectivity index (χ4v) is 2.11. The van der Waals surface area contributed by atoms with Crippen molar-refractivity contribution in [1.29, 1.82) is 0 Å². The number of hydrogen-bond donors (Lipinski definition) is 2. The van der Waals surface area contributed by atoms with Gasteiger partial charge in [0.15, 0.2) is 0 Å². The summed E-state index contributed by atoms with van der Waals surface area (Å²) >= 11 is 5.79. The van der Waals surface area contributed by atoms with E-state index in [-0.39, 0.29) is 17.7 Å². The third kappa shape index (κ3) is 2.70. The molecule has 0 aliphatic carbocycles. The Morgan fingerprint density at radius 2 is 2.35 bits per heavy atom. The van der Waals surface area contributed by atoms with Crippen molar-refractivity contribution < 1.29 is 14.6 Å². The SMILES string of the molecule is CC1OCCC1Nc1ccc(Cl)cc1C(=O)O. The van der Waals surface area contributed by atoms with Gasteiger partial charge in [0.1, 0.15) is 0 Å². The molecule has 1 aliphatic rings. The Balaban J connectivity index is 2.22. The zero-order valence-electron chi connectivity index (χ0n) is 9.44. The van der Waals surface area contributed by atoms with Crippen molar-refractivity contribution in [2.45, 2.75) is 25.5 Å². The second-order valence-corrected chi connectivity index (χ2v) is 4.55. The van der Waals surface area contributed by atoms with Crippen LogP contribution in [0.4, 0.5) is 5.69 Å². The highest BCUT2D eigenvalue weighted by Gasteiger charge is 2.25. The van der Waals surface area contributed by atoms with Gasteiger partial charge in [-0.1, -0.05) is 11.6 Å². The van der Waals surface area contributed by atoms with Crippen LogP contribution in [0.2, 0.25) is 5.02 Å². The van der Waals surface area contributed by atoms with E-state index in [1.54, 1.807) is 12.1 Å². The van der Waals surface area contributed by atoms with Gasteiger partial charge in [-0.15, -0.1) is 0 Å². The molecule has 0 amide bonds. The number of nitrogens with one attached hydrogen (secondary N) is 1. The maximum Gasteiger partial charge on any atom is 0.337 e. The molecule has 0 radical (unpaired) electrons. The zero-order valence-corrected chi connectivity index (χ0v) is 10.2. The molecular weight excluding hydrogens is 242 g/mol. The largest absolute Gasteiger partial charge is 0.478 e. The smallest absolute Gasteiger partial charge is 0.337 e. The zero-order chi connectivity index (χ0) is 12.4. The molecule has 0 aromatic heterocycles. The van der Waals surface area contributed by atoms with Gasteiger partial charge in [-0.05, 0) is 31.5 Å². The van der Waals surface area contributed by atoms with E-state index in [0.29, 0.717) is 17.3 Å². The summed E-state index contributed by atoms with van der Waals surface area (Å²) in [5, 5.41) is 12.7. The van der Waals surface area contributed by atoms with E-state index in [1.165, 1.54) is 6.07 Å². The van der Waals surface area contributed by atoms with E-state index >= 15 is 0 Å². The normalized spacial score (nSPS) is 23.6. The standard InChI is InChI=1S/C12H14ClNO3/c1-7-10(4-5-17-7)14-11-3-2-8(13)6-9(11)12(15)16/h2-3,6-7,10,14H,4-5H2,1H3,(H,15,16). The van der Waals surface area contributed by atoms with Gasteiger partial charge < -0.3 is 15.2 Å². The summed E-state index contributed by atoms with van der Waals surface area (Å²) in [6.45, 7) is 2.68. The Bertz CT molecular complexity index is 436. The van der Waals surface area contributed by atoms with Crippen molar-refractivity contribution in [2.24, 2.45) is 0 Å². The van der Waals surface area contributed by atoms with Crippen LogP contribution in [-0.2, 0) is 4.74 Å². The topological polar surface area (TPSA) is 58.6 Å². The van der Waals surface area contributed by atoms with Crippen molar-refractivity contribution in [3.05, 3.63) is 28.8 Å². The second-order valence-electron chi connectivity index (χ2n) is 4.11. The lowest BCUT2D eigenvalue weighted by atomic mass is 10.1. The van der Waals surface area contributed by atoms with Crippen LogP contribution in [-0.4, -0.2) is 29.8 Å². The molecule has 2 N–H and O–H groups in total. The van der Waals surface area contributed by atoms with Crippen molar-refractivity contribution in [1.82, 2.24) is 0 Å². The molecule has 1 saturated heterocycles. The van der Waals surface area contributed by atoms with Gasteiger partial charge in [-0.25, -0.2) is 4.79 Å². The van der Waals surface area contributed by atoms with Crippen molar-refractivity contribution in [2.75, 3.05) is 11.9 Å². The monoisotopic (exact) mass is 255 g/mol. The molecule has 2 atom stereocenters. The molecule has 5 heteroatoms. The Morgan fingerprint density at radius 3 is 2.94 bits per heavy atom. The van der Waals surface area contributed by atoms with E-state index in [0.717, 1.165) is 6.42 Å². The number of benzene rings is 1. The lowest BCUT2D eigenvalue weighted by molar-refractivity contribution is 0.0697. The number of rotatable bonds is 3. The average Bonchev–Trinajstić information content (AvgIpc) is 2.67. The van der Waals surface area contributed by atoms with Gasteiger partial charge in [0.2, 0.25) is 0 Å². The molecule has 0 spiro atoms. The van der Waals surface area contributed by atoms with Crippen LogP contribution < -0.4 is 5.32 Å². The maximum atomic E-state index is 11.1. The van der Waals surface area contributed by atoms with Gasteiger partial charge in [0.05, 0.1) is 17.7 Å². The Kier molecular flexibility index (Phi) is 3.54. The third-order valence-electron chi connectivity index (χ3n) is 2.93. The molecule has 17 heavy (non-hydrogen) atoms. The number of halogens is 1. The predicted octanol–water partition coefficient (Wildman–Crippen LogP) is 2.63. The highest BCUT2D eigenvalue weighted by atomic mass is 35.5. The predicted molar refractivity (Wildman–Crippen MR) is 65.9 cm³/mol. The van der Waals surface area contributed by atoms with Gasteiger partial charge >= 0.3 is 5.97 Å². The number of hydrogen-bond acceptors (Lipinski definition) is 3. The van der Waals surface area contributed by atoms with E-state index < -0.39 is 5.97 Å². The molecule has 92 valence electrons. The third-order valence-corrected chi connectivity index (χ3v) is 3.16. The van der Waals surface area contributed by atoms with E-state index in [9.17, 15) is 4.79 Å². The first-order chi connectivity index (χ1) is 8.08. The number of aromatic carboxylic acids is 1. The molecule has 4 nitrogen and oxygen atoms in total. The molecular formula is C12H14ClNO3. The summed E-state index contributed by atoms with van der Waals surface area (Å²) in [4.78, 5) is 11.1. The molecule has 1 heterocycles.